The van der Waals surface area contributed by atoms with Gasteiger partial charge in [0, 0.05) is 30.5 Å². The molecule has 0 bridgehead atoms. The van der Waals surface area contributed by atoms with E-state index in [-0.39, 0.29) is 11.9 Å². The molecule has 5 heteroatoms. The van der Waals surface area contributed by atoms with Gasteiger partial charge in [0.25, 0.3) is 0 Å². The highest BCUT2D eigenvalue weighted by atomic mass is 16.5. The van der Waals surface area contributed by atoms with Gasteiger partial charge in [-0.1, -0.05) is 48.5 Å². The van der Waals surface area contributed by atoms with E-state index in [9.17, 15) is 4.79 Å². The van der Waals surface area contributed by atoms with Gasteiger partial charge < -0.3 is 14.6 Å². The number of imidazole rings is 1. The minimum absolute atomic E-state index is 0.0187. The quantitative estimate of drug-likeness (QED) is 0.677. The lowest BCUT2D eigenvalue weighted by Gasteiger charge is -2.15. The van der Waals surface area contributed by atoms with Crippen LogP contribution in [0.2, 0.25) is 0 Å². The van der Waals surface area contributed by atoms with Gasteiger partial charge in [0.2, 0.25) is 5.91 Å². The maximum Gasteiger partial charge on any atom is 0.223 e. The molecule has 134 valence electrons. The number of aromatic nitrogens is 2. The fourth-order valence-corrected chi connectivity index (χ4v) is 2.81. The van der Waals surface area contributed by atoms with E-state index in [0.717, 1.165) is 16.9 Å². The molecule has 5 nitrogen and oxygen atoms in total. The molecule has 1 atom stereocenters. The van der Waals surface area contributed by atoms with Crippen LogP contribution in [0.3, 0.4) is 0 Å². The van der Waals surface area contributed by atoms with E-state index >= 15 is 0 Å². The van der Waals surface area contributed by atoms with Crippen LogP contribution < -0.4 is 10.1 Å². The molecule has 0 spiro atoms. The Hall–Kier alpha value is -3.08. The summed E-state index contributed by atoms with van der Waals surface area (Å²) in [7, 11) is 0. The molecule has 0 saturated carbocycles. The first-order valence-electron chi connectivity index (χ1n) is 8.75. The average molecular weight is 349 g/mol. The van der Waals surface area contributed by atoms with Crippen LogP contribution in [0.15, 0.2) is 73.3 Å². The van der Waals surface area contributed by atoms with Gasteiger partial charge >= 0.3 is 0 Å². The highest BCUT2D eigenvalue weighted by Crippen LogP contribution is 2.29. The minimum Gasteiger partial charge on any atom is -0.492 e. The molecule has 26 heavy (non-hydrogen) atoms. The minimum atomic E-state index is -0.0187. The Morgan fingerprint density at radius 1 is 1.15 bits per heavy atom. The Bertz CT molecular complexity index is 816. The van der Waals surface area contributed by atoms with E-state index in [1.165, 1.54) is 0 Å². The smallest absolute Gasteiger partial charge is 0.223 e. The van der Waals surface area contributed by atoms with Crippen molar-refractivity contribution < 1.29 is 9.53 Å². The molecule has 0 radical (unpaired) electrons. The number of rotatable bonds is 8. The van der Waals surface area contributed by atoms with Crippen LogP contribution in [-0.2, 0) is 11.3 Å². The molecule has 0 aliphatic carbocycles. The number of carbonyl (C=O) groups excluding carboxylic acids is 1. The van der Waals surface area contributed by atoms with Crippen LogP contribution in [0.1, 0.15) is 13.3 Å². The number of carbonyl (C=O) groups is 1. The molecule has 1 aromatic heterocycles. The number of amides is 1. The average Bonchev–Trinajstić information content (AvgIpc) is 3.15. The molecular formula is C21H23N3O2. The zero-order valence-corrected chi connectivity index (χ0v) is 14.8. The third kappa shape index (κ3) is 4.96. The van der Waals surface area contributed by atoms with E-state index in [4.69, 9.17) is 4.74 Å². The number of benzene rings is 2. The Labute approximate surface area is 153 Å². The molecule has 2 aromatic carbocycles. The van der Waals surface area contributed by atoms with Gasteiger partial charge in [0.05, 0.1) is 19.4 Å². The van der Waals surface area contributed by atoms with E-state index in [1.54, 1.807) is 12.5 Å². The van der Waals surface area contributed by atoms with Gasteiger partial charge in [-0.25, -0.2) is 4.98 Å². The van der Waals surface area contributed by atoms with Crippen LogP contribution in [0.25, 0.3) is 11.1 Å². The highest BCUT2D eigenvalue weighted by molar-refractivity contribution is 5.76. The van der Waals surface area contributed by atoms with E-state index in [1.807, 2.05) is 72.3 Å². The Balaban J connectivity index is 1.50. The molecule has 1 heterocycles. The van der Waals surface area contributed by atoms with Crippen molar-refractivity contribution in [3.63, 3.8) is 0 Å². The van der Waals surface area contributed by atoms with Crippen LogP contribution in [0, 0.1) is 0 Å². The SMILES string of the molecule is C[C@H](Cn1ccnc1)NC(=O)CCOc1ccccc1-c1ccccc1. The van der Waals surface area contributed by atoms with Crippen molar-refractivity contribution in [1.82, 2.24) is 14.9 Å². The number of hydrogen-bond acceptors (Lipinski definition) is 3. The van der Waals surface area contributed by atoms with Crippen molar-refractivity contribution in [3.05, 3.63) is 73.3 Å². The predicted molar refractivity (Wildman–Crippen MR) is 102 cm³/mol. The van der Waals surface area contributed by atoms with E-state index < -0.39 is 0 Å². The first kappa shape index (κ1) is 17.7. The predicted octanol–water partition coefficient (Wildman–Crippen LogP) is 3.52. The van der Waals surface area contributed by atoms with Crippen LogP contribution in [0.4, 0.5) is 0 Å². The van der Waals surface area contributed by atoms with E-state index in [0.29, 0.717) is 19.6 Å². The second-order valence-corrected chi connectivity index (χ2v) is 6.19. The molecule has 0 aliphatic heterocycles. The fourth-order valence-electron chi connectivity index (χ4n) is 2.81. The third-order valence-electron chi connectivity index (χ3n) is 4.01. The fraction of sp³-hybridized carbons (Fsp3) is 0.238. The summed E-state index contributed by atoms with van der Waals surface area (Å²) >= 11 is 0. The molecular weight excluding hydrogens is 326 g/mol. The first-order chi connectivity index (χ1) is 12.7. The summed E-state index contributed by atoms with van der Waals surface area (Å²) in [5, 5.41) is 2.98. The standard InChI is InChI=1S/C21H23N3O2/c1-17(15-24-13-12-22-16-24)23-21(25)11-14-26-20-10-6-5-9-19(20)18-7-3-2-4-8-18/h2-10,12-13,16-17H,11,14-15H2,1H3,(H,23,25)/t17-/m1/s1. The third-order valence-corrected chi connectivity index (χ3v) is 4.01. The molecule has 3 rings (SSSR count). The summed E-state index contributed by atoms with van der Waals surface area (Å²) in [4.78, 5) is 16.1. The van der Waals surface area contributed by atoms with Crippen LogP contribution in [0.5, 0.6) is 5.75 Å². The van der Waals surface area contributed by atoms with Crippen molar-refractivity contribution in [2.24, 2.45) is 0 Å². The van der Waals surface area contributed by atoms with Gasteiger partial charge in [-0.05, 0) is 18.6 Å². The van der Waals surface area contributed by atoms with Crippen LogP contribution >= 0.6 is 0 Å². The molecule has 0 saturated heterocycles. The van der Waals surface area contributed by atoms with Crippen molar-refractivity contribution in [2.75, 3.05) is 6.61 Å². The lowest BCUT2D eigenvalue weighted by Crippen LogP contribution is -2.36. The van der Waals surface area contributed by atoms with Gasteiger partial charge in [-0.15, -0.1) is 0 Å². The summed E-state index contributed by atoms with van der Waals surface area (Å²) in [6, 6.07) is 18.0. The lowest BCUT2D eigenvalue weighted by atomic mass is 10.1. The van der Waals surface area contributed by atoms with Crippen molar-refractivity contribution in [3.8, 4) is 16.9 Å². The first-order valence-corrected chi connectivity index (χ1v) is 8.75. The molecule has 0 unspecified atom stereocenters. The maximum atomic E-state index is 12.1. The number of hydrogen-bond donors (Lipinski definition) is 1. The van der Waals surface area contributed by atoms with Gasteiger partial charge in [-0.3, -0.25) is 4.79 Å². The van der Waals surface area contributed by atoms with Gasteiger partial charge in [-0.2, -0.15) is 0 Å². The summed E-state index contributed by atoms with van der Waals surface area (Å²) in [5.74, 6) is 0.771. The zero-order valence-electron chi connectivity index (χ0n) is 14.8. The zero-order chi connectivity index (χ0) is 18.2. The van der Waals surface area contributed by atoms with Gasteiger partial charge in [0.15, 0.2) is 0 Å². The van der Waals surface area contributed by atoms with Crippen molar-refractivity contribution in [2.45, 2.75) is 25.9 Å². The largest absolute Gasteiger partial charge is 0.492 e. The van der Waals surface area contributed by atoms with E-state index in [2.05, 4.69) is 10.3 Å². The van der Waals surface area contributed by atoms with Gasteiger partial charge in [0.1, 0.15) is 5.75 Å². The molecule has 0 fully saturated rings. The van der Waals surface area contributed by atoms with Crippen molar-refractivity contribution in [1.29, 1.82) is 0 Å². The molecule has 0 aliphatic rings. The number of ether oxygens (including phenoxy) is 1. The molecule has 1 N–H and O–H groups in total. The summed E-state index contributed by atoms with van der Waals surface area (Å²) in [6.07, 6.45) is 5.67. The normalized spacial score (nSPS) is 11.7. The topological polar surface area (TPSA) is 56.2 Å². The van der Waals surface area contributed by atoms with Crippen LogP contribution in [-0.4, -0.2) is 28.1 Å². The highest BCUT2D eigenvalue weighted by Gasteiger charge is 2.10. The van der Waals surface area contributed by atoms with Crippen molar-refractivity contribution >= 4 is 5.91 Å². The number of nitrogens with zero attached hydrogens (tertiary/aromatic N) is 2. The Kier molecular flexibility index (Phi) is 6.04. The molecule has 3 aromatic rings. The molecule has 1 amide bonds. The number of nitrogens with one attached hydrogen (secondary N) is 1. The lowest BCUT2D eigenvalue weighted by molar-refractivity contribution is -0.122. The summed E-state index contributed by atoms with van der Waals surface area (Å²) in [5.41, 5.74) is 2.13. The maximum absolute atomic E-state index is 12.1. The Morgan fingerprint density at radius 2 is 1.92 bits per heavy atom. The Morgan fingerprint density at radius 3 is 2.69 bits per heavy atom. The second kappa shape index (κ2) is 8.85. The number of para-hydroxylation sites is 1. The monoisotopic (exact) mass is 349 g/mol. The summed E-state index contributed by atoms with van der Waals surface area (Å²) < 4.78 is 7.82. The summed E-state index contributed by atoms with van der Waals surface area (Å²) in [6.45, 7) is 3.01. The second-order valence-electron chi connectivity index (χ2n) is 6.19.